The summed E-state index contributed by atoms with van der Waals surface area (Å²) in [5.41, 5.74) is 2.19. The van der Waals surface area contributed by atoms with E-state index in [-0.39, 0.29) is 23.7 Å². The first kappa shape index (κ1) is 19.5. The van der Waals surface area contributed by atoms with Crippen LogP contribution >= 0.6 is 0 Å². The largest absolute Gasteiger partial charge is 0.347 e. The van der Waals surface area contributed by atoms with Gasteiger partial charge in [0.1, 0.15) is 5.82 Å². The molecule has 1 aromatic heterocycles. The summed E-state index contributed by atoms with van der Waals surface area (Å²) in [5, 5.41) is 14.8. The SMILES string of the molecule is Cc1c(C(=O)NC(Cc2ccc(F)cc2)C(C)C)nnn1C1CCNCC1. The maximum absolute atomic E-state index is 13.1. The summed E-state index contributed by atoms with van der Waals surface area (Å²) in [4.78, 5) is 12.8. The number of hydrogen-bond acceptors (Lipinski definition) is 4. The minimum Gasteiger partial charge on any atom is -0.347 e. The van der Waals surface area contributed by atoms with Gasteiger partial charge >= 0.3 is 0 Å². The molecule has 1 aliphatic rings. The first-order chi connectivity index (χ1) is 13.0. The van der Waals surface area contributed by atoms with Gasteiger partial charge in [-0.05, 0) is 62.9 Å². The van der Waals surface area contributed by atoms with Crippen molar-refractivity contribution in [3.63, 3.8) is 0 Å². The van der Waals surface area contributed by atoms with E-state index in [1.807, 2.05) is 11.6 Å². The molecule has 1 atom stereocenters. The Balaban J connectivity index is 1.70. The molecule has 2 N–H and O–H groups in total. The molecular formula is C20H28FN5O. The molecule has 0 saturated carbocycles. The highest BCUT2D eigenvalue weighted by Gasteiger charge is 2.25. The predicted octanol–water partition coefficient (Wildman–Crippen LogP) is 2.65. The standard InChI is InChI=1S/C20H28FN5O/c1-13(2)18(12-15-4-6-16(21)7-5-15)23-20(27)19-14(3)26(25-24-19)17-8-10-22-11-9-17/h4-7,13,17-18,22H,8-12H2,1-3H3,(H,23,27). The van der Waals surface area contributed by atoms with Crippen molar-refractivity contribution in [2.75, 3.05) is 13.1 Å². The Bertz CT molecular complexity index is 765. The Morgan fingerprint density at radius 1 is 1.30 bits per heavy atom. The Morgan fingerprint density at radius 3 is 2.59 bits per heavy atom. The lowest BCUT2D eigenvalue weighted by molar-refractivity contribution is 0.0920. The van der Waals surface area contributed by atoms with E-state index in [0.29, 0.717) is 18.2 Å². The van der Waals surface area contributed by atoms with Crippen molar-refractivity contribution >= 4 is 5.91 Å². The first-order valence-electron chi connectivity index (χ1n) is 9.63. The molecule has 146 valence electrons. The molecule has 0 spiro atoms. The number of benzene rings is 1. The van der Waals surface area contributed by atoms with Gasteiger partial charge in [0.25, 0.3) is 5.91 Å². The van der Waals surface area contributed by atoms with Gasteiger partial charge in [-0.2, -0.15) is 0 Å². The van der Waals surface area contributed by atoms with Crippen LogP contribution in [0.15, 0.2) is 24.3 Å². The number of aromatic nitrogens is 3. The maximum atomic E-state index is 13.1. The minimum absolute atomic E-state index is 0.0635. The lowest BCUT2D eigenvalue weighted by atomic mass is 9.96. The molecule has 1 saturated heterocycles. The third kappa shape index (κ3) is 4.71. The van der Waals surface area contributed by atoms with Crippen LogP contribution in [-0.2, 0) is 6.42 Å². The third-order valence-corrected chi connectivity index (χ3v) is 5.29. The number of hydrogen-bond donors (Lipinski definition) is 2. The molecule has 0 aliphatic carbocycles. The van der Waals surface area contributed by atoms with Crippen molar-refractivity contribution in [2.45, 2.75) is 52.1 Å². The van der Waals surface area contributed by atoms with Gasteiger partial charge < -0.3 is 10.6 Å². The highest BCUT2D eigenvalue weighted by Crippen LogP contribution is 2.20. The minimum atomic E-state index is -0.256. The number of nitrogens with zero attached hydrogens (tertiary/aromatic N) is 3. The van der Waals surface area contributed by atoms with Gasteiger partial charge in [-0.1, -0.05) is 31.2 Å². The van der Waals surface area contributed by atoms with Gasteiger partial charge in [0.2, 0.25) is 0 Å². The van der Waals surface area contributed by atoms with Crippen LogP contribution in [0.5, 0.6) is 0 Å². The van der Waals surface area contributed by atoms with Crippen LogP contribution < -0.4 is 10.6 Å². The molecular weight excluding hydrogens is 345 g/mol. The van der Waals surface area contributed by atoms with Crippen LogP contribution in [0.1, 0.15) is 54.5 Å². The lowest BCUT2D eigenvalue weighted by Gasteiger charge is -2.24. The second kappa shape index (κ2) is 8.61. The molecule has 0 bridgehead atoms. The summed E-state index contributed by atoms with van der Waals surface area (Å²) < 4.78 is 15.0. The zero-order valence-electron chi connectivity index (χ0n) is 16.2. The van der Waals surface area contributed by atoms with Crippen LogP contribution in [0.3, 0.4) is 0 Å². The van der Waals surface area contributed by atoms with E-state index in [0.717, 1.165) is 37.2 Å². The van der Waals surface area contributed by atoms with E-state index < -0.39 is 0 Å². The quantitative estimate of drug-likeness (QED) is 0.817. The first-order valence-corrected chi connectivity index (χ1v) is 9.63. The number of piperidine rings is 1. The average Bonchev–Trinajstić information content (AvgIpc) is 3.05. The Morgan fingerprint density at radius 2 is 1.96 bits per heavy atom. The molecule has 1 aromatic carbocycles. The van der Waals surface area contributed by atoms with E-state index in [9.17, 15) is 9.18 Å². The van der Waals surface area contributed by atoms with Crippen molar-refractivity contribution in [1.82, 2.24) is 25.6 Å². The molecule has 27 heavy (non-hydrogen) atoms. The molecule has 7 heteroatoms. The fraction of sp³-hybridized carbons (Fsp3) is 0.550. The number of amides is 1. The summed E-state index contributed by atoms with van der Waals surface area (Å²) in [6.45, 7) is 7.94. The van der Waals surface area contributed by atoms with E-state index in [2.05, 4.69) is 34.8 Å². The molecule has 1 aliphatic heterocycles. The molecule has 1 unspecified atom stereocenters. The third-order valence-electron chi connectivity index (χ3n) is 5.29. The number of rotatable bonds is 6. The monoisotopic (exact) mass is 373 g/mol. The zero-order valence-corrected chi connectivity index (χ0v) is 16.2. The van der Waals surface area contributed by atoms with E-state index in [4.69, 9.17) is 0 Å². The van der Waals surface area contributed by atoms with E-state index in [1.165, 1.54) is 12.1 Å². The van der Waals surface area contributed by atoms with Gasteiger partial charge in [0.15, 0.2) is 5.69 Å². The topological polar surface area (TPSA) is 71.8 Å². The second-order valence-electron chi connectivity index (χ2n) is 7.60. The Kier molecular flexibility index (Phi) is 6.21. The highest BCUT2D eigenvalue weighted by atomic mass is 19.1. The molecule has 6 nitrogen and oxygen atoms in total. The van der Waals surface area contributed by atoms with Crippen LogP contribution in [-0.4, -0.2) is 40.0 Å². The zero-order chi connectivity index (χ0) is 19.4. The lowest BCUT2D eigenvalue weighted by Crippen LogP contribution is -2.40. The number of halogens is 1. The van der Waals surface area contributed by atoms with E-state index in [1.54, 1.807) is 12.1 Å². The summed E-state index contributed by atoms with van der Waals surface area (Å²) in [6.07, 6.45) is 2.63. The number of carbonyl (C=O) groups excluding carboxylic acids is 1. The van der Waals surface area contributed by atoms with Gasteiger partial charge in [-0.25, -0.2) is 9.07 Å². The molecule has 2 heterocycles. The molecule has 0 radical (unpaired) electrons. The molecule has 3 rings (SSSR count). The van der Waals surface area contributed by atoms with E-state index >= 15 is 0 Å². The highest BCUT2D eigenvalue weighted by molar-refractivity contribution is 5.93. The summed E-state index contributed by atoms with van der Waals surface area (Å²) in [7, 11) is 0. The smallest absolute Gasteiger partial charge is 0.273 e. The van der Waals surface area contributed by atoms with Crippen LogP contribution in [0.25, 0.3) is 0 Å². The van der Waals surface area contributed by atoms with Crippen molar-refractivity contribution in [2.24, 2.45) is 5.92 Å². The van der Waals surface area contributed by atoms with Crippen molar-refractivity contribution < 1.29 is 9.18 Å². The van der Waals surface area contributed by atoms with Gasteiger partial charge in [0, 0.05) is 6.04 Å². The van der Waals surface area contributed by atoms with Crippen molar-refractivity contribution in [3.05, 3.63) is 47.0 Å². The van der Waals surface area contributed by atoms with Gasteiger partial charge in [-0.15, -0.1) is 5.10 Å². The summed E-state index contributed by atoms with van der Waals surface area (Å²) in [5.74, 6) is -0.221. The Hall–Kier alpha value is -2.28. The van der Waals surface area contributed by atoms with Crippen molar-refractivity contribution in [3.8, 4) is 0 Å². The molecule has 1 fully saturated rings. The summed E-state index contributed by atoms with van der Waals surface area (Å²) >= 11 is 0. The fourth-order valence-corrected chi connectivity index (χ4v) is 3.51. The van der Waals surface area contributed by atoms with Crippen LogP contribution in [0, 0.1) is 18.7 Å². The van der Waals surface area contributed by atoms with Crippen molar-refractivity contribution in [1.29, 1.82) is 0 Å². The van der Waals surface area contributed by atoms with Gasteiger partial charge in [-0.3, -0.25) is 4.79 Å². The Labute approximate surface area is 159 Å². The second-order valence-corrected chi connectivity index (χ2v) is 7.60. The number of nitrogens with one attached hydrogen (secondary N) is 2. The maximum Gasteiger partial charge on any atom is 0.273 e. The normalized spacial score (nSPS) is 16.5. The molecule has 2 aromatic rings. The fourth-order valence-electron chi connectivity index (χ4n) is 3.51. The van der Waals surface area contributed by atoms with Crippen LogP contribution in [0.2, 0.25) is 0 Å². The summed E-state index contributed by atoms with van der Waals surface area (Å²) in [6, 6.07) is 6.64. The average molecular weight is 373 g/mol. The van der Waals surface area contributed by atoms with Gasteiger partial charge in [0.05, 0.1) is 11.7 Å². The predicted molar refractivity (Wildman–Crippen MR) is 102 cm³/mol. The number of carbonyl (C=O) groups is 1. The molecule has 1 amide bonds. The van der Waals surface area contributed by atoms with Crippen LogP contribution in [0.4, 0.5) is 4.39 Å².